The Kier molecular flexibility index (Phi) is 6.66. The number of amides is 1. The summed E-state index contributed by atoms with van der Waals surface area (Å²) >= 11 is 1.47. The Morgan fingerprint density at radius 1 is 1.00 bits per heavy atom. The summed E-state index contributed by atoms with van der Waals surface area (Å²) in [5.41, 5.74) is 2.50. The number of piperazine rings is 1. The quantitative estimate of drug-likeness (QED) is 0.593. The standard InChI is InChI=1S/C25H24N4OS/c1-19(21-8-6-12-27-18-21)28-13-15-29(16-14-28)25(30)22-9-3-5-11-24(22)31-23-10-4-2-7-20(23)17-26/h2-12,18-19H,13-16H2,1H3. The number of rotatable bonds is 5. The van der Waals surface area contributed by atoms with E-state index in [-0.39, 0.29) is 11.9 Å². The molecule has 0 bridgehead atoms. The molecular weight excluding hydrogens is 404 g/mol. The molecule has 1 aliphatic rings. The highest BCUT2D eigenvalue weighted by molar-refractivity contribution is 7.99. The predicted octanol–water partition coefficient (Wildman–Crippen LogP) is 4.62. The topological polar surface area (TPSA) is 60.2 Å². The molecule has 1 atom stereocenters. The maximum atomic E-state index is 13.3. The van der Waals surface area contributed by atoms with Crippen molar-refractivity contribution in [1.82, 2.24) is 14.8 Å². The van der Waals surface area contributed by atoms with E-state index in [1.807, 2.05) is 59.6 Å². The van der Waals surface area contributed by atoms with Crippen LogP contribution in [0.15, 0.2) is 82.8 Å². The molecule has 156 valence electrons. The van der Waals surface area contributed by atoms with Crippen LogP contribution in [0.25, 0.3) is 0 Å². The molecular formula is C25H24N4OS. The van der Waals surface area contributed by atoms with Gasteiger partial charge in [0.1, 0.15) is 6.07 Å². The van der Waals surface area contributed by atoms with Crippen LogP contribution < -0.4 is 0 Å². The number of aromatic nitrogens is 1. The Bertz CT molecular complexity index is 1090. The summed E-state index contributed by atoms with van der Waals surface area (Å²) in [5.74, 6) is 0.0474. The lowest BCUT2D eigenvalue weighted by molar-refractivity contribution is 0.0578. The zero-order valence-corrected chi connectivity index (χ0v) is 18.3. The number of pyridine rings is 1. The molecule has 2 heterocycles. The number of hydrogen-bond donors (Lipinski definition) is 0. The summed E-state index contributed by atoms with van der Waals surface area (Å²) in [6.07, 6.45) is 3.70. The first-order valence-electron chi connectivity index (χ1n) is 10.4. The largest absolute Gasteiger partial charge is 0.336 e. The highest BCUT2D eigenvalue weighted by Gasteiger charge is 2.26. The first kappa shape index (κ1) is 21.1. The third-order valence-corrected chi connectivity index (χ3v) is 6.81. The molecule has 2 aromatic carbocycles. The zero-order valence-electron chi connectivity index (χ0n) is 17.4. The molecule has 1 saturated heterocycles. The summed E-state index contributed by atoms with van der Waals surface area (Å²) < 4.78 is 0. The second-order valence-corrected chi connectivity index (χ2v) is 8.58. The van der Waals surface area contributed by atoms with E-state index >= 15 is 0 Å². The van der Waals surface area contributed by atoms with E-state index < -0.39 is 0 Å². The van der Waals surface area contributed by atoms with E-state index in [2.05, 4.69) is 28.9 Å². The predicted molar refractivity (Wildman–Crippen MR) is 122 cm³/mol. The van der Waals surface area contributed by atoms with Crippen LogP contribution in [0, 0.1) is 11.3 Å². The van der Waals surface area contributed by atoms with Gasteiger partial charge >= 0.3 is 0 Å². The minimum atomic E-state index is 0.0474. The Hall–Kier alpha value is -3.14. The first-order chi connectivity index (χ1) is 15.2. The summed E-state index contributed by atoms with van der Waals surface area (Å²) in [5, 5.41) is 9.38. The van der Waals surface area contributed by atoms with Crippen LogP contribution in [0.4, 0.5) is 0 Å². The lowest BCUT2D eigenvalue weighted by Gasteiger charge is -2.38. The van der Waals surface area contributed by atoms with Crippen molar-refractivity contribution < 1.29 is 4.79 Å². The molecule has 0 aliphatic carbocycles. The molecule has 1 fully saturated rings. The van der Waals surface area contributed by atoms with Gasteiger partial charge in [-0.1, -0.05) is 42.1 Å². The minimum absolute atomic E-state index is 0.0474. The lowest BCUT2D eigenvalue weighted by atomic mass is 10.1. The van der Waals surface area contributed by atoms with Crippen LogP contribution in [0.5, 0.6) is 0 Å². The third kappa shape index (κ3) is 4.79. The van der Waals surface area contributed by atoms with E-state index in [1.165, 1.54) is 17.3 Å². The summed E-state index contributed by atoms with van der Waals surface area (Å²) in [7, 11) is 0. The number of benzene rings is 2. The summed E-state index contributed by atoms with van der Waals surface area (Å²) in [6.45, 7) is 5.23. The van der Waals surface area contributed by atoms with Crippen LogP contribution in [-0.2, 0) is 0 Å². The number of carbonyl (C=O) groups is 1. The van der Waals surface area contributed by atoms with Crippen LogP contribution in [0.1, 0.15) is 34.5 Å². The average molecular weight is 429 g/mol. The molecule has 3 aromatic rings. The van der Waals surface area contributed by atoms with E-state index in [1.54, 1.807) is 12.3 Å². The summed E-state index contributed by atoms with van der Waals surface area (Å²) in [6, 6.07) is 21.7. The minimum Gasteiger partial charge on any atom is -0.336 e. The molecule has 0 saturated carbocycles. The highest BCUT2D eigenvalue weighted by Crippen LogP contribution is 2.33. The van der Waals surface area contributed by atoms with Gasteiger partial charge in [0.25, 0.3) is 5.91 Å². The van der Waals surface area contributed by atoms with Crippen molar-refractivity contribution in [3.63, 3.8) is 0 Å². The van der Waals surface area contributed by atoms with Crippen LogP contribution in [0.2, 0.25) is 0 Å². The van der Waals surface area contributed by atoms with Crippen molar-refractivity contribution in [3.8, 4) is 6.07 Å². The van der Waals surface area contributed by atoms with Gasteiger partial charge in [-0.15, -0.1) is 0 Å². The van der Waals surface area contributed by atoms with Crippen molar-refractivity contribution in [1.29, 1.82) is 5.26 Å². The van der Waals surface area contributed by atoms with Gasteiger partial charge in [0.2, 0.25) is 0 Å². The molecule has 1 amide bonds. The van der Waals surface area contributed by atoms with Crippen molar-refractivity contribution in [3.05, 3.63) is 89.7 Å². The van der Waals surface area contributed by atoms with Gasteiger partial charge in [-0.3, -0.25) is 14.7 Å². The smallest absolute Gasteiger partial charge is 0.255 e. The number of hydrogen-bond acceptors (Lipinski definition) is 5. The Morgan fingerprint density at radius 2 is 1.71 bits per heavy atom. The second kappa shape index (κ2) is 9.78. The number of nitriles is 1. The third-order valence-electron chi connectivity index (χ3n) is 5.66. The SMILES string of the molecule is CC(c1cccnc1)N1CCN(C(=O)c2ccccc2Sc2ccccc2C#N)CC1. The van der Waals surface area contributed by atoms with Crippen molar-refractivity contribution in [2.45, 2.75) is 22.8 Å². The molecule has 31 heavy (non-hydrogen) atoms. The normalized spacial score (nSPS) is 15.3. The fraction of sp³-hybridized carbons (Fsp3) is 0.240. The van der Waals surface area contributed by atoms with Gasteiger partial charge in [-0.05, 0) is 42.8 Å². The first-order valence-corrected chi connectivity index (χ1v) is 11.2. The Morgan fingerprint density at radius 3 is 2.42 bits per heavy atom. The molecule has 0 radical (unpaired) electrons. The van der Waals surface area contributed by atoms with Crippen LogP contribution >= 0.6 is 11.8 Å². The van der Waals surface area contributed by atoms with Gasteiger partial charge in [0, 0.05) is 54.4 Å². The monoisotopic (exact) mass is 428 g/mol. The lowest BCUT2D eigenvalue weighted by Crippen LogP contribution is -2.49. The molecule has 5 nitrogen and oxygen atoms in total. The van der Waals surface area contributed by atoms with E-state index in [0.29, 0.717) is 24.2 Å². The molecule has 4 rings (SSSR count). The molecule has 1 aliphatic heterocycles. The van der Waals surface area contributed by atoms with Gasteiger partial charge < -0.3 is 4.90 Å². The Balaban J connectivity index is 1.46. The second-order valence-electron chi connectivity index (χ2n) is 7.50. The van der Waals surface area contributed by atoms with Gasteiger partial charge in [-0.25, -0.2) is 0 Å². The molecule has 1 unspecified atom stereocenters. The van der Waals surface area contributed by atoms with E-state index in [0.717, 1.165) is 22.9 Å². The number of carbonyl (C=O) groups excluding carboxylic acids is 1. The highest BCUT2D eigenvalue weighted by atomic mass is 32.2. The molecule has 0 spiro atoms. The number of nitrogens with zero attached hydrogens (tertiary/aromatic N) is 4. The maximum absolute atomic E-state index is 13.3. The van der Waals surface area contributed by atoms with Gasteiger partial charge in [0.15, 0.2) is 0 Å². The molecule has 1 aromatic heterocycles. The van der Waals surface area contributed by atoms with Crippen molar-refractivity contribution in [2.24, 2.45) is 0 Å². The summed E-state index contributed by atoms with van der Waals surface area (Å²) in [4.78, 5) is 23.6. The molecule has 6 heteroatoms. The van der Waals surface area contributed by atoms with Crippen LogP contribution in [-0.4, -0.2) is 46.9 Å². The maximum Gasteiger partial charge on any atom is 0.255 e. The fourth-order valence-electron chi connectivity index (χ4n) is 3.82. The van der Waals surface area contributed by atoms with E-state index in [4.69, 9.17) is 0 Å². The Labute approximate surface area is 187 Å². The zero-order chi connectivity index (χ0) is 21.6. The molecule has 0 N–H and O–H groups in total. The van der Waals surface area contributed by atoms with E-state index in [9.17, 15) is 10.1 Å². The van der Waals surface area contributed by atoms with Crippen molar-refractivity contribution >= 4 is 17.7 Å². The average Bonchev–Trinajstić information content (AvgIpc) is 2.84. The van der Waals surface area contributed by atoms with Gasteiger partial charge in [-0.2, -0.15) is 5.26 Å². The van der Waals surface area contributed by atoms with Gasteiger partial charge in [0.05, 0.1) is 11.1 Å². The van der Waals surface area contributed by atoms with Crippen LogP contribution in [0.3, 0.4) is 0 Å². The van der Waals surface area contributed by atoms with Crippen molar-refractivity contribution in [2.75, 3.05) is 26.2 Å². The fourth-order valence-corrected chi connectivity index (χ4v) is 4.83.